The van der Waals surface area contributed by atoms with Gasteiger partial charge in [0.25, 0.3) is 0 Å². The fourth-order valence-electron chi connectivity index (χ4n) is 1.88. The Hall–Kier alpha value is -2.88. The first kappa shape index (κ1) is 16.5. The molecule has 0 atom stereocenters. The van der Waals surface area contributed by atoms with Crippen molar-refractivity contribution in [3.05, 3.63) is 66.2 Å². The van der Waals surface area contributed by atoms with Crippen molar-refractivity contribution in [3.63, 3.8) is 0 Å². The first-order chi connectivity index (χ1) is 11.0. The van der Waals surface area contributed by atoms with E-state index < -0.39 is 0 Å². The third-order valence-corrected chi connectivity index (χ3v) is 3.15. The van der Waals surface area contributed by atoms with Crippen LogP contribution in [0.2, 0.25) is 0 Å². The number of rotatable bonds is 5. The molecule has 4 heteroatoms. The number of hydrogen-bond donors (Lipinski definition) is 2. The van der Waals surface area contributed by atoms with Crippen LogP contribution in [-0.2, 0) is 9.59 Å². The lowest BCUT2D eigenvalue weighted by atomic mass is 10.2. The van der Waals surface area contributed by atoms with Crippen molar-refractivity contribution in [3.8, 4) is 0 Å². The van der Waals surface area contributed by atoms with Gasteiger partial charge in [0, 0.05) is 23.4 Å². The third-order valence-electron chi connectivity index (χ3n) is 3.15. The highest BCUT2D eigenvalue weighted by molar-refractivity contribution is 6.02. The molecule has 23 heavy (non-hydrogen) atoms. The highest BCUT2D eigenvalue weighted by Crippen LogP contribution is 2.16. The van der Waals surface area contributed by atoms with E-state index in [1.165, 1.54) is 6.08 Å². The van der Waals surface area contributed by atoms with Gasteiger partial charge in [-0.2, -0.15) is 0 Å². The molecule has 0 aliphatic heterocycles. The fourth-order valence-corrected chi connectivity index (χ4v) is 1.88. The lowest BCUT2D eigenvalue weighted by molar-refractivity contribution is -0.119. The Bertz CT molecular complexity index is 706. The summed E-state index contributed by atoms with van der Waals surface area (Å²) >= 11 is 0. The maximum atomic E-state index is 11.9. The van der Waals surface area contributed by atoms with Gasteiger partial charge in [0.05, 0.1) is 0 Å². The minimum absolute atomic E-state index is 0.0579. The van der Waals surface area contributed by atoms with Crippen molar-refractivity contribution >= 4 is 29.3 Å². The molecule has 0 spiro atoms. The summed E-state index contributed by atoms with van der Waals surface area (Å²) in [7, 11) is 0. The van der Waals surface area contributed by atoms with Crippen LogP contribution in [-0.4, -0.2) is 11.8 Å². The lowest BCUT2D eigenvalue weighted by Gasteiger charge is -2.09. The standard InChI is InChI=1S/C19H20N2O2/c1-14(2)19(23)21-17-10-6-9-16(13-17)20-18(22)12-11-15-7-4-3-5-8-15/h3-14H,1-2H3,(H,20,22)(H,21,23)/b12-11+. The number of anilines is 2. The molecule has 4 nitrogen and oxygen atoms in total. The lowest BCUT2D eigenvalue weighted by Crippen LogP contribution is -2.17. The molecule has 0 bridgehead atoms. The molecular weight excluding hydrogens is 288 g/mol. The highest BCUT2D eigenvalue weighted by Gasteiger charge is 2.07. The first-order valence-corrected chi connectivity index (χ1v) is 7.49. The van der Waals surface area contributed by atoms with Gasteiger partial charge >= 0.3 is 0 Å². The van der Waals surface area contributed by atoms with E-state index in [1.54, 1.807) is 30.3 Å². The van der Waals surface area contributed by atoms with Crippen molar-refractivity contribution in [2.24, 2.45) is 5.92 Å². The van der Waals surface area contributed by atoms with Gasteiger partial charge in [-0.05, 0) is 29.8 Å². The molecule has 2 N–H and O–H groups in total. The maximum absolute atomic E-state index is 11.9. The van der Waals surface area contributed by atoms with E-state index in [-0.39, 0.29) is 17.7 Å². The fraction of sp³-hybridized carbons (Fsp3) is 0.158. The van der Waals surface area contributed by atoms with Crippen LogP contribution in [0.5, 0.6) is 0 Å². The molecule has 0 unspecified atom stereocenters. The van der Waals surface area contributed by atoms with Crippen LogP contribution < -0.4 is 10.6 Å². The number of carbonyl (C=O) groups excluding carboxylic acids is 2. The predicted molar refractivity (Wildman–Crippen MR) is 94.0 cm³/mol. The maximum Gasteiger partial charge on any atom is 0.248 e. The highest BCUT2D eigenvalue weighted by atomic mass is 16.2. The molecule has 0 aliphatic rings. The van der Waals surface area contributed by atoms with Crippen LogP contribution in [0.4, 0.5) is 11.4 Å². The number of carbonyl (C=O) groups is 2. The van der Waals surface area contributed by atoms with Crippen molar-refractivity contribution in [1.82, 2.24) is 0 Å². The Balaban J connectivity index is 1.98. The van der Waals surface area contributed by atoms with Gasteiger partial charge in [-0.25, -0.2) is 0 Å². The molecule has 2 aromatic rings. The summed E-state index contributed by atoms with van der Waals surface area (Å²) in [4.78, 5) is 23.6. The van der Waals surface area contributed by atoms with Crippen LogP contribution in [0.25, 0.3) is 6.08 Å². The number of nitrogens with one attached hydrogen (secondary N) is 2. The van der Waals surface area contributed by atoms with Gasteiger partial charge in [-0.15, -0.1) is 0 Å². The number of hydrogen-bond acceptors (Lipinski definition) is 2. The van der Waals surface area contributed by atoms with E-state index in [9.17, 15) is 9.59 Å². The Morgan fingerprint density at radius 3 is 2.22 bits per heavy atom. The summed E-state index contributed by atoms with van der Waals surface area (Å²) in [5, 5.41) is 5.58. The number of amides is 2. The van der Waals surface area contributed by atoms with Crippen LogP contribution in [0.1, 0.15) is 19.4 Å². The Labute approximate surface area is 136 Å². The zero-order valence-electron chi connectivity index (χ0n) is 13.2. The van der Waals surface area contributed by atoms with E-state index in [0.29, 0.717) is 11.4 Å². The van der Waals surface area contributed by atoms with E-state index >= 15 is 0 Å². The summed E-state index contributed by atoms with van der Waals surface area (Å²) in [6, 6.07) is 16.7. The molecule has 0 saturated carbocycles. The van der Waals surface area contributed by atoms with Crippen molar-refractivity contribution in [2.45, 2.75) is 13.8 Å². The minimum atomic E-state index is -0.221. The predicted octanol–water partition coefficient (Wildman–Crippen LogP) is 3.93. The van der Waals surface area contributed by atoms with Gasteiger partial charge < -0.3 is 10.6 Å². The van der Waals surface area contributed by atoms with E-state index in [2.05, 4.69) is 10.6 Å². The molecule has 0 aliphatic carbocycles. The average Bonchev–Trinajstić information content (AvgIpc) is 2.54. The van der Waals surface area contributed by atoms with E-state index in [4.69, 9.17) is 0 Å². The van der Waals surface area contributed by atoms with Crippen LogP contribution in [0, 0.1) is 5.92 Å². The molecule has 2 aromatic carbocycles. The van der Waals surface area contributed by atoms with Crippen molar-refractivity contribution in [1.29, 1.82) is 0 Å². The Morgan fingerprint density at radius 1 is 0.913 bits per heavy atom. The molecule has 118 valence electrons. The van der Waals surface area contributed by atoms with E-state index in [0.717, 1.165) is 5.56 Å². The van der Waals surface area contributed by atoms with Gasteiger partial charge in [0.15, 0.2) is 0 Å². The van der Waals surface area contributed by atoms with Crippen LogP contribution >= 0.6 is 0 Å². The minimum Gasteiger partial charge on any atom is -0.326 e. The van der Waals surface area contributed by atoms with Gasteiger partial charge in [-0.1, -0.05) is 50.2 Å². The van der Waals surface area contributed by atoms with Crippen molar-refractivity contribution < 1.29 is 9.59 Å². The first-order valence-electron chi connectivity index (χ1n) is 7.49. The second kappa shape index (κ2) is 7.94. The van der Waals surface area contributed by atoms with Gasteiger partial charge in [0.1, 0.15) is 0 Å². The summed E-state index contributed by atoms with van der Waals surface area (Å²) in [6.45, 7) is 3.66. The zero-order chi connectivity index (χ0) is 16.7. The Kier molecular flexibility index (Phi) is 5.69. The van der Waals surface area contributed by atoms with Crippen LogP contribution in [0.15, 0.2) is 60.7 Å². The second-order valence-corrected chi connectivity index (χ2v) is 5.46. The van der Waals surface area contributed by atoms with Gasteiger partial charge in [0.2, 0.25) is 11.8 Å². The molecule has 2 rings (SSSR count). The molecule has 0 fully saturated rings. The average molecular weight is 308 g/mol. The summed E-state index contributed by atoms with van der Waals surface area (Å²) in [6.07, 6.45) is 3.23. The molecule has 0 aromatic heterocycles. The molecule has 0 radical (unpaired) electrons. The number of benzene rings is 2. The monoisotopic (exact) mass is 308 g/mol. The topological polar surface area (TPSA) is 58.2 Å². The summed E-state index contributed by atoms with van der Waals surface area (Å²) in [5.41, 5.74) is 2.25. The summed E-state index contributed by atoms with van der Waals surface area (Å²) < 4.78 is 0. The second-order valence-electron chi connectivity index (χ2n) is 5.46. The molecule has 2 amide bonds. The molecule has 0 saturated heterocycles. The molecule has 0 heterocycles. The molecular formula is C19H20N2O2. The van der Waals surface area contributed by atoms with Crippen molar-refractivity contribution in [2.75, 3.05) is 10.6 Å². The Morgan fingerprint density at radius 2 is 1.57 bits per heavy atom. The zero-order valence-corrected chi connectivity index (χ0v) is 13.2. The third kappa shape index (κ3) is 5.43. The van der Waals surface area contributed by atoms with Crippen LogP contribution in [0.3, 0.4) is 0 Å². The summed E-state index contributed by atoms with van der Waals surface area (Å²) in [5.74, 6) is -0.374. The van der Waals surface area contributed by atoms with Gasteiger partial charge in [-0.3, -0.25) is 9.59 Å². The SMILES string of the molecule is CC(C)C(=O)Nc1cccc(NC(=O)/C=C/c2ccccc2)c1. The largest absolute Gasteiger partial charge is 0.326 e. The smallest absolute Gasteiger partial charge is 0.248 e. The quantitative estimate of drug-likeness (QED) is 0.822. The van der Waals surface area contributed by atoms with E-state index in [1.807, 2.05) is 44.2 Å². The normalized spacial score (nSPS) is 10.7.